The summed E-state index contributed by atoms with van der Waals surface area (Å²) >= 11 is 0. The minimum Gasteiger partial charge on any atom is -0.461 e. The van der Waals surface area contributed by atoms with Crippen LogP contribution in [-0.4, -0.2) is 46.7 Å². The number of ether oxygens (including phenoxy) is 1. The fraction of sp³-hybridized carbons (Fsp3) is 0.458. The minimum absolute atomic E-state index is 0.140. The first-order chi connectivity index (χ1) is 14.2. The van der Waals surface area contributed by atoms with Gasteiger partial charge in [0.25, 0.3) is 5.91 Å². The number of Topliss-reactive ketones (excluding diaryl/α,β-unsaturated/α-hetero) is 1. The van der Waals surface area contributed by atoms with E-state index in [1.54, 1.807) is 44.7 Å². The first-order valence-electron chi connectivity index (χ1n) is 10.5. The lowest BCUT2D eigenvalue weighted by molar-refractivity contribution is 0.0518. The number of aromatic nitrogens is 1. The molecule has 1 fully saturated rings. The third-order valence-electron chi connectivity index (χ3n) is 5.72. The largest absolute Gasteiger partial charge is 0.461 e. The number of rotatable bonds is 8. The van der Waals surface area contributed by atoms with Gasteiger partial charge in [0.15, 0.2) is 5.78 Å². The minimum atomic E-state index is -0.636. The molecule has 3 rings (SSSR count). The first-order valence-corrected chi connectivity index (χ1v) is 10.5. The molecule has 1 aliphatic rings. The lowest BCUT2D eigenvalue weighted by Crippen LogP contribution is -2.44. The number of H-pyrrole nitrogens is 1. The molecule has 0 spiro atoms. The number of esters is 1. The van der Waals surface area contributed by atoms with Gasteiger partial charge in [0.1, 0.15) is 5.69 Å². The number of benzene rings is 1. The predicted octanol–water partition coefficient (Wildman–Crippen LogP) is 4.24. The van der Waals surface area contributed by atoms with Crippen molar-refractivity contribution in [1.82, 2.24) is 9.88 Å². The van der Waals surface area contributed by atoms with E-state index in [-0.39, 0.29) is 18.3 Å². The third-order valence-corrected chi connectivity index (χ3v) is 5.72. The Kier molecular flexibility index (Phi) is 6.44. The lowest BCUT2D eigenvalue weighted by atomic mass is 9.99. The molecule has 1 atom stereocenters. The normalized spacial score (nSPS) is 14.3. The van der Waals surface area contributed by atoms with E-state index < -0.39 is 12.0 Å². The van der Waals surface area contributed by atoms with Gasteiger partial charge in [-0.3, -0.25) is 9.59 Å². The van der Waals surface area contributed by atoms with E-state index in [2.05, 4.69) is 4.98 Å². The fourth-order valence-corrected chi connectivity index (χ4v) is 3.73. The molecule has 2 aromatic rings. The molecule has 1 heterocycles. The Labute approximate surface area is 177 Å². The lowest BCUT2D eigenvalue weighted by Gasteiger charge is -2.29. The van der Waals surface area contributed by atoms with Crippen LogP contribution in [0.15, 0.2) is 24.3 Å². The van der Waals surface area contributed by atoms with Crippen molar-refractivity contribution in [2.75, 3.05) is 13.2 Å². The molecule has 0 aliphatic heterocycles. The smallest absolute Gasteiger partial charge is 0.355 e. The second-order valence-electron chi connectivity index (χ2n) is 8.15. The molecule has 6 nitrogen and oxygen atoms in total. The summed E-state index contributed by atoms with van der Waals surface area (Å²) in [6.07, 6.45) is 2.15. The van der Waals surface area contributed by atoms with E-state index in [9.17, 15) is 14.4 Å². The summed E-state index contributed by atoms with van der Waals surface area (Å²) in [6.45, 7) is 9.81. The number of hydrogen-bond acceptors (Lipinski definition) is 4. The Morgan fingerprint density at radius 3 is 2.33 bits per heavy atom. The number of nitrogens with one attached hydrogen (secondary N) is 1. The predicted molar refractivity (Wildman–Crippen MR) is 115 cm³/mol. The van der Waals surface area contributed by atoms with Gasteiger partial charge in [-0.05, 0) is 71.1 Å². The number of ketones is 1. The third kappa shape index (κ3) is 4.48. The molecule has 0 unspecified atom stereocenters. The molecular formula is C24H30N2O4. The summed E-state index contributed by atoms with van der Waals surface area (Å²) in [6, 6.07) is 6.78. The Morgan fingerprint density at radius 1 is 1.13 bits per heavy atom. The highest BCUT2D eigenvalue weighted by Gasteiger charge is 2.35. The molecule has 30 heavy (non-hydrogen) atoms. The van der Waals surface area contributed by atoms with Crippen LogP contribution in [0.4, 0.5) is 0 Å². The number of aryl methyl sites for hydroxylation is 2. The fourth-order valence-electron chi connectivity index (χ4n) is 3.73. The van der Waals surface area contributed by atoms with Crippen LogP contribution in [0.5, 0.6) is 0 Å². The molecule has 160 valence electrons. The van der Waals surface area contributed by atoms with Crippen molar-refractivity contribution in [1.29, 1.82) is 0 Å². The van der Waals surface area contributed by atoms with E-state index in [4.69, 9.17) is 4.74 Å². The van der Waals surface area contributed by atoms with Gasteiger partial charge in [-0.15, -0.1) is 0 Å². The molecule has 1 aromatic carbocycles. The summed E-state index contributed by atoms with van der Waals surface area (Å²) in [7, 11) is 0. The monoisotopic (exact) mass is 410 g/mol. The van der Waals surface area contributed by atoms with Crippen molar-refractivity contribution in [3.05, 3.63) is 57.9 Å². The number of carbonyl (C=O) groups is 3. The van der Waals surface area contributed by atoms with Crippen LogP contribution in [0.25, 0.3) is 0 Å². The molecule has 1 N–H and O–H groups in total. The van der Waals surface area contributed by atoms with Gasteiger partial charge in [0, 0.05) is 23.4 Å². The second-order valence-corrected chi connectivity index (χ2v) is 8.15. The summed E-state index contributed by atoms with van der Waals surface area (Å²) in [5.74, 6) is -0.342. The van der Waals surface area contributed by atoms with Crippen LogP contribution in [0.1, 0.15) is 74.7 Å². The summed E-state index contributed by atoms with van der Waals surface area (Å²) < 4.78 is 5.09. The molecule has 1 aromatic heterocycles. The van der Waals surface area contributed by atoms with Gasteiger partial charge >= 0.3 is 5.97 Å². The quantitative estimate of drug-likeness (QED) is 0.521. The zero-order valence-corrected chi connectivity index (χ0v) is 18.4. The number of carbonyl (C=O) groups excluding carboxylic acids is 3. The Hall–Kier alpha value is -2.89. The first kappa shape index (κ1) is 21.8. The van der Waals surface area contributed by atoms with Gasteiger partial charge in [0.2, 0.25) is 0 Å². The Bertz CT molecular complexity index is 954. The number of amides is 1. The van der Waals surface area contributed by atoms with Gasteiger partial charge in [-0.1, -0.05) is 17.7 Å². The Morgan fingerprint density at radius 2 is 1.77 bits per heavy atom. The molecule has 1 saturated carbocycles. The van der Waals surface area contributed by atoms with Crippen molar-refractivity contribution in [2.45, 2.75) is 53.5 Å². The molecule has 0 bridgehead atoms. The molecule has 1 amide bonds. The highest BCUT2D eigenvalue weighted by atomic mass is 16.5. The summed E-state index contributed by atoms with van der Waals surface area (Å²) in [4.78, 5) is 43.6. The molecule has 6 heteroatoms. The van der Waals surface area contributed by atoms with Crippen molar-refractivity contribution in [3.63, 3.8) is 0 Å². The number of hydrogen-bond donors (Lipinski definition) is 1. The van der Waals surface area contributed by atoms with Gasteiger partial charge in [-0.25, -0.2) is 4.79 Å². The van der Waals surface area contributed by atoms with Crippen molar-refractivity contribution in [2.24, 2.45) is 5.92 Å². The topological polar surface area (TPSA) is 79.5 Å². The van der Waals surface area contributed by atoms with Gasteiger partial charge < -0.3 is 14.6 Å². The van der Waals surface area contributed by atoms with E-state index in [1.807, 2.05) is 19.1 Å². The maximum Gasteiger partial charge on any atom is 0.355 e. The maximum absolute atomic E-state index is 13.4. The van der Waals surface area contributed by atoms with Crippen LogP contribution in [0.2, 0.25) is 0 Å². The second kappa shape index (κ2) is 8.86. The van der Waals surface area contributed by atoms with E-state index in [0.29, 0.717) is 40.5 Å². The SMILES string of the molecule is CCOC(=O)c1[nH]c(C)c(C(=O)[C@@H](C)N(CC2CC2)C(=O)c2ccc(C)cc2)c1C. The average molecular weight is 411 g/mol. The zero-order chi connectivity index (χ0) is 22.0. The van der Waals surface area contributed by atoms with Crippen LogP contribution in [-0.2, 0) is 4.74 Å². The molecule has 0 saturated heterocycles. The summed E-state index contributed by atoms with van der Waals surface area (Å²) in [5.41, 5.74) is 3.59. The van der Waals surface area contributed by atoms with Crippen LogP contribution < -0.4 is 0 Å². The van der Waals surface area contributed by atoms with Gasteiger partial charge in [0.05, 0.1) is 12.6 Å². The highest BCUT2D eigenvalue weighted by Crippen LogP contribution is 2.32. The van der Waals surface area contributed by atoms with E-state index in [0.717, 1.165) is 18.4 Å². The van der Waals surface area contributed by atoms with E-state index in [1.165, 1.54) is 0 Å². The molecule has 0 radical (unpaired) electrons. The van der Waals surface area contributed by atoms with Crippen molar-refractivity contribution >= 4 is 17.7 Å². The van der Waals surface area contributed by atoms with Crippen molar-refractivity contribution < 1.29 is 19.1 Å². The Balaban J connectivity index is 1.90. The van der Waals surface area contributed by atoms with Crippen LogP contribution in [0, 0.1) is 26.7 Å². The molecule has 1 aliphatic carbocycles. The van der Waals surface area contributed by atoms with E-state index >= 15 is 0 Å². The molecular weight excluding hydrogens is 380 g/mol. The number of nitrogens with zero attached hydrogens (tertiary/aromatic N) is 1. The van der Waals surface area contributed by atoms with Gasteiger partial charge in [-0.2, -0.15) is 0 Å². The standard InChI is InChI=1S/C24H30N2O4/c1-6-30-24(29)21-15(3)20(16(4)25-21)22(27)17(5)26(13-18-9-10-18)23(28)19-11-7-14(2)8-12-19/h7-8,11-12,17-18,25H,6,9-10,13H2,1-5H3/t17-/m1/s1. The van der Waals surface area contributed by atoms with Crippen LogP contribution in [0.3, 0.4) is 0 Å². The van der Waals surface area contributed by atoms with Crippen molar-refractivity contribution in [3.8, 4) is 0 Å². The highest BCUT2D eigenvalue weighted by molar-refractivity contribution is 6.07. The average Bonchev–Trinajstić information content (AvgIpc) is 3.49. The maximum atomic E-state index is 13.4. The van der Waals surface area contributed by atoms with Crippen LogP contribution >= 0.6 is 0 Å². The summed E-state index contributed by atoms with van der Waals surface area (Å²) in [5, 5.41) is 0. The number of aromatic amines is 1. The zero-order valence-electron chi connectivity index (χ0n) is 18.4.